The summed E-state index contributed by atoms with van der Waals surface area (Å²) in [7, 11) is 1.09. The summed E-state index contributed by atoms with van der Waals surface area (Å²) in [6, 6.07) is 4.79. The lowest BCUT2D eigenvalue weighted by Crippen LogP contribution is -2.33. The van der Waals surface area contributed by atoms with Crippen molar-refractivity contribution < 1.29 is 17.9 Å². The lowest BCUT2D eigenvalue weighted by Gasteiger charge is -2.23. The molecule has 0 aliphatic heterocycles. The second kappa shape index (κ2) is 6.45. The Morgan fingerprint density at radius 3 is 2.58 bits per heavy atom. The fraction of sp³-hybridized carbons (Fsp3) is 0.438. The summed E-state index contributed by atoms with van der Waals surface area (Å²) in [6.07, 6.45) is 5.18. The number of hydrogen-bond acceptors (Lipinski definition) is 5. The number of aryl methyl sites for hydroxylation is 1. The topological polar surface area (TPSA) is 73.7 Å². The van der Waals surface area contributed by atoms with E-state index in [0.29, 0.717) is 17.3 Å². The Kier molecular flexibility index (Phi) is 4.51. The van der Waals surface area contributed by atoms with Crippen molar-refractivity contribution in [2.75, 3.05) is 14.2 Å². The first kappa shape index (κ1) is 16.8. The molecule has 130 valence electrons. The minimum Gasteiger partial charge on any atom is -0.497 e. The highest BCUT2D eigenvalue weighted by Gasteiger charge is 2.40. The van der Waals surface area contributed by atoms with Crippen molar-refractivity contribution in [2.24, 2.45) is 7.05 Å². The van der Waals surface area contributed by atoms with E-state index in [2.05, 4.69) is 4.98 Å². The summed E-state index contributed by atoms with van der Waals surface area (Å²) >= 11 is 0. The molecule has 0 atom stereocenters. The molecule has 24 heavy (non-hydrogen) atoms. The summed E-state index contributed by atoms with van der Waals surface area (Å²) in [5, 5.41) is 0. The molecule has 2 aromatic rings. The van der Waals surface area contributed by atoms with Crippen molar-refractivity contribution in [3.63, 3.8) is 0 Å². The van der Waals surface area contributed by atoms with Crippen molar-refractivity contribution in [3.8, 4) is 11.5 Å². The largest absolute Gasteiger partial charge is 0.497 e. The van der Waals surface area contributed by atoms with Gasteiger partial charge in [-0.3, -0.25) is 0 Å². The van der Waals surface area contributed by atoms with Crippen molar-refractivity contribution in [2.45, 2.75) is 30.3 Å². The van der Waals surface area contributed by atoms with Gasteiger partial charge in [0.05, 0.1) is 20.8 Å². The van der Waals surface area contributed by atoms with Gasteiger partial charge in [0.25, 0.3) is 0 Å². The number of nitrogens with zero attached hydrogens (tertiary/aromatic N) is 3. The van der Waals surface area contributed by atoms with Crippen LogP contribution in [-0.2, 0) is 23.6 Å². The van der Waals surface area contributed by atoms with Crippen LogP contribution >= 0.6 is 0 Å². The Labute approximate surface area is 141 Å². The van der Waals surface area contributed by atoms with Crippen LogP contribution in [0.5, 0.6) is 11.5 Å². The highest BCUT2D eigenvalue weighted by molar-refractivity contribution is 7.89. The van der Waals surface area contributed by atoms with Gasteiger partial charge in [-0.05, 0) is 25.0 Å². The minimum atomic E-state index is -3.73. The van der Waals surface area contributed by atoms with Gasteiger partial charge in [0, 0.05) is 31.5 Å². The van der Waals surface area contributed by atoms with Gasteiger partial charge in [-0.25, -0.2) is 13.4 Å². The average Bonchev–Trinajstić information content (AvgIpc) is 3.34. The van der Waals surface area contributed by atoms with Crippen LogP contribution in [0.25, 0.3) is 0 Å². The molecule has 1 aromatic carbocycles. The Balaban J connectivity index is 2.02. The molecular weight excluding hydrogens is 330 g/mol. The molecule has 0 unspecified atom stereocenters. The van der Waals surface area contributed by atoms with Gasteiger partial charge < -0.3 is 14.0 Å². The number of ether oxygens (including phenoxy) is 2. The smallest absolute Gasteiger partial charge is 0.247 e. The van der Waals surface area contributed by atoms with Gasteiger partial charge in [-0.15, -0.1) is 0 Å². The first-order valence-electron chi connectivity index (χ1n) is 7.67. The monoisotopic (exact) mass is 351 g/mol. The number of rotatable bonds is 7. The van der Waals surface area contributed by atoms with Crippen molar-refractivity contribution in [1.29, 1.82) is 0 Å². The summed E-state index contributed by atoms with van der Waals surface area (Å²) in [5.41, 5.74) is 0. The first-order chi connectivity index (χ1) is 11.5. The average molecular weight is 351 g/mol. The van der Waals surface area contributed by atoms with Gasteiger partial charge >= 0.3 is 0 Å². The molecule has 1 aliphatic rings. The number of hydrogen-bond donors (Lipinski definition) is 0. The SMILES string of the molecule is COc1ccc(OC)c(S(=O)(=O)N(Cc2nccn2C)C2CC2)c1. The highest BCUT2D eigenvalue weighted by Crippen LogP contribution is 2.37. The van der Waals surface area contributed by atoms with Crippen LogP contribution in [0.4, 0.5) is 0 Å². The lowest BCUT2D eigenvalue weighted by molar-refractivity contribution is 0.370. The molecule has 1 heterocycles. The van der Waals surface area contributed by atoms with E-state index in [0.717, 1.165) is 12.8 Å². The fourth-order valence-corrected chi connectivity index (χ4v) is 4.39. The van der Waals surface area contributed by atoms with Crippen LogP contribution in [0, 0.1) is 0 Å². The van der Waals surface area contributed by atoms with Crippen LogP contribution in [0.2, 0.25) is 0 Å². The van der Waals surface area contributed by atoms with E-state index in [1.807, 2.05) is 11.6 Å². The Bertz CT molecular complexity index is 828. The molecule has 0 amide bonds. The molecule has 8 heteroatoms. The number of imidazole rings is 1. The predicted octanol–water partition coefficient (Wildman–Crippen LogP) is 1.79. The molecule has 0 bridgehead atoms. The van der Waals surface area contributed by atoms with Gasteiger partial charge in [0.2, 0.25) is 10.0 Å². The predicted molar refractivity (Wildman–Crippen MR) is 88.5 cm³/mol. The van der Waals surface area contributed by atoms with Gasteiger partial charge in [0.15, 0.2) is 0 Å². The van der Waals surface area contributed by atoms with Crippen LogP contribution < -0.4 is 9.47 Å². The fourth-order valence-electron chi connectivity index (χ4n) is 2.57. The van der Waals surface area contributed by atoms with Crippen LogP contribution in [0.15, 0.2) is 35.5 Å². The highest BCUT2D eigenvalue weighted by atomic mass is 32.2. The van der Waals surface area contributed by atoms with Crippen LogP contribution in [-0.4, -0.2) is 42.5 Å². The maximum absolute atomic E-state index is 13.3. The maximum atomic E-state index is 13.3. The lowest BCUT2D eigenvalue weighted by atomic mass is 10.3. The Morgan fingerprint density at radius 2 is 2.04 bits per heavy atom. The Morgan fingerprint density at radius 1 is 1.29 bits per heavy atom. The zero-order valence-corrected chi connectivity index (χ0v) is 14.8. The molecule has 0 N–H and O–H groups in total. The summed E-state index contributed by atoms with van der Waals surface area (Å²) in [4.78, 5) is 4.37. The van der Waals surface area contributed by atoms with E-state index < -0.39 is 10.0 Å². The first-order valence-corrected chi connectivity index (χ1v) is 9.11. The van der Waals surface area contributed by atoms with E-state index in [4.69, 9.17) is 9.47 Å². The van der Waals surface area contributed by atoms with E-state index in [1.54, 1.807) is 24.5 Å². The summed E-state index contributed by atoms with van der Waals surface area (Å²) in [5.74, 6) is 1.48. The number of sulfonamides is 1. The quantitative estimate of drug-likeness (QED) is 0.760. The Hall–Kier alpha value is -2.06. The van der Waals surface area contributed by atoms with Gasteiger partial charge in [-0.1, -0.05) is 0 Å². The normalized spacial score (nSPS) is 14.8. The van der Waals surface area contributed by atoms with Crippen LogP contribution in [0.3, 0.4) is 0 Å². The van der Waals surface area contributed by atoms with E-state index in [-0.39, 0.29) is 17.5 Å². The molecule has 7 nitrogen and oxygen atoms in total. The summed E-state index contributed by atoms with van der Waals surface area (Å²) < 4.78 is 40.3. The molecule has 1 aromatic heterocycles. The third-order valence-corrected chi connectivity index (χ3v) is 6.05. The minimum absolute atomic E-state index is 0.00241. The molecule has 0 radical (unpaired) electrons. The van der Waals surface area contributed by atoms with Crippen LogP contribution in [0.1, 0.15) is 18.7 Å². The third-order valence-electron chi connectivity index (χ3n) is 4.13. The molecule has 0 spiro atoms. The van der Waals surface area contributed by atoms with Crippen molar-refractivity contribution >= 4 is 10.0 Å². The van der Waals surface area contributed by atoms with E-state index >= 15 is 0 Å². The molecule has 0 saturated heterocycles. The molecular formula is C16H21N3O4S. The maximum Gasteiger partial charge on any atom is 0.247 e. The molecule has 1 saturated carbocycles. The summed E-state index contributed by atoms with van der Waals surface area (Å²) in [6.45, 7) is 0.233. The molecule has 1 fully saturated rings. The second-order valence-corrected chi connectivity index (χ2v) is 7.61. The number of aromatic nitrogens is 2. The molecule has 1 aliphatic carbocycles. The van der Waals surface area contributed by atoms with E-state index in [9.17, 15) is 8.42 Å². The number of benzene rings is 1. The van der Waals surface area contributed by atoms with Gasteiger partial charge in [0.1, 0.15) is 22.2 Å². The third kappa shape index (κ3) is 3.11. The second-order valence-electron chi connectivity index (χ2n) is 5.75. The van der Waals surface area contributed by atoms with E-state index in [1.165, 1.54) is 24.6 Å². The number of methoxy groups -OCH3 is 2. The van der Waals surface area contributed by atoms with Crippen molar-refractivity contribution in [3.05, 3.63) is 36.4 Å². The van der Waals surface area contributed by atoms with Crippen molar-refractivity contribution in [1.82, 2.24) is 13.9 Å². The molecule has 3 rings (SSSR count). The zero-order chi connectivity index (χ0) is 17.3. The standard InChI is InChI=1S/C16H21N3O4S/c1-18-9-8-17-16(18)11-19(12-4-5-12)24(20,21)15-10-13(22-2)6-7-14(15)23-3/h6-10,12H,4-5,11H2,1-3H3. The van der Waals surface area contributed by atoms with Gasteiger partial charge in [-0.2, -0.15) is 4.31 Å². The zero-order valence-electron chi connectivity index (χ0n) is 14.0.